The average Bonchev–Trinajstić information content (AvgIpc) is 2.79. The van der Waals surface area contributed by atoms with Gasteiger partial charge in [0.15, 0.2) is 0 Å². The summed E-state index contributed by atoms with van der Waals surface area (Å²) >= 11 is 0. The van der Waals surface area contributed by atoms with Crippen LogP contribution >= 0.6 is 0 Å². The molecule has 0 aromatic heterocycles. The van der Waals surface area contributed by atoms with Crippen LogP contribution in [0.15, 0.2) is 18.2 Å². The lowest BCUT2D eigenvalue weighted by atomic mass is 9.92. The molecule has 1 N–H and O–H groups in total. The topological polar surface area (TPSA) is 21.3 Å². The summed E-state index contributed by atoms with van der Waals surface area (Å²) in [6.45, 7) is 5.60. The van der Waals surface area contributed by atoms with Gasteiger partial charge in [-0.25, -0.2) is 8.78 Å². The Labute approximate surface area is 113 Å². The monoisotopic (exact) mass is 269 g/mol. The van der Waals surface area contributed by atoms with E-state index in [1.807, 2.05) is 6.92 Å². The van der Waals surface area contributed by atoms with Crippen LogP contribution in [0.2, 0.25) is 0 Å². The highest BCUT2D eigenvalue weighted by atomic mass is 19.1. The summed E-state index contributed by atoms with van der Waals surface area (Å²) in [5.41, 5.74) is 0.149. The lowest BCUT2D eigenvalue weighted by molar-refractivity contribution is 0.0610. The van der Waals surface area contributed by atoms with E-state index in [-0.39, 0.29) is 17.7 Å². The van der Waals surface area contributed by atoms with Gasteiger partial charge in [-0.3, -0.25) is 0 Å². The molecule has 2 rings (SSSR count). The molecule has 4 heteroatoms. The molecule has 3 atom stereocenters. The third-order valence-corrected chi connectivity index (χ3v) is 3.79. The number of halogens is 2. The zero-order valence-electron chi connectivity index (χ0n) is 11.5. The summed E-state index contributed by atoms with van der Waals surface area (Å²) in [5.74, 6) is -0.541. The smallest absolute Gasteiger partial charge is 0.129 e. The van der Waals surface area contributed by atoms with Gasteiger partial charge in [0.1, 0.15) is 11.6 Å². The first kappa shape index (κ1) is 14.4. The molecular formula is C15H21F2NO. The van der Waals surface area contributed by atoms with Crippen LogP contribution in [0.25, 0.3) is 0 Å². The molecule has 1 saturated heterocycles. The summed E-state index contributed by atoms with van der Waals surface area (Å²) in [6.07, 6.45) is 1.35. The summed E-state index contributed by atoms with van der Waals surface area (Å²) in [4.78, 5) is 0. The molecule has 3 unspecified atom stereocenters. The third-order valence-electron chi connectivity index (χ3n) is 3.79. The number of rotatable bonds is 5. The van der Waals surface area contributed by atoms with Gasteiger partial charge in [-0.2, -0.15) is 0 Å². The highest BCUT2D eigenvalue weighted by Crippen LogP contribution is 2.26. The Hall–Kier alpha value is -1.00. The Morgan fingerprint density at radius 1 is 1.37 bits per heavy atom. The van der Waals surface area contributed by atoms with Crippen molar-refractivity contribution in [2.45, 2.75) is 38.8 Å². The van der Waals surface area contributed by atoms with Crippen LogP contribution in [0.4, 0.5) is 8.78 Å². The van der Waals surface area contributed by atoms with E-state index in [2.05, 4.69) is 12.2 Å². The van der Waals surface area contributed by atoms with Gasteiger partial charge in [0, 0.05) is 18.2 Å². The lowest BCUT2D eigenvalue weighted by Gasteiger charge is -2.27. The molecule has 1 aromatic carbocycles. The maximum Gasteiger partial charge on any atom is 0.129 e. The average molecular weight is 269 g/mol. The van der Waals surface area contributed by atoms with Crippen molar-refractivity contribution in [2.75, 3.05) is 13.2 Å². The van der Waals surface area contributed by atoms with Gasteiger partial charge in [-0.1, -0.05) is 19.9 Å². The molecule has 1 aliphatic heterocycles. The molecule has 0 amide bonds. The van der Waals surface area contributed by atoms with E-state index >= 15 is 0 Å². The molecule has 2 nitrogen and oxygen atoms in total. The van der Waals surface area contributed by atoms with Crippen molar-refractivity contribution in [3.63, 3.8) is 0 Å². The molecule has 0 saturated carbocycles. The molecular weight excluding hydrogens is 248 g/mol. The van der Waals surface area contributed by atoms with Crippen LogP contribution in [0.5, 0.6) is 0 Å². The summed E-state index contributed by atoms with van der Waals surface area (Å²) in [7, 11) is 0. The standard InChI is InChI=1S/C15H21F2NO/c1-3-18-14(15-10(2)7-8-19-15)9-11-12(16)5-4-6-13(11)17/h4-6,10,14-15,18H,3,7-9H2,1-2H3. The van der Waals surface area contributed by atoms with Crippen molar-refractivity contribution in [3.8, 4) is 0 Å². The first-order valence-corrected chi connectivity index (χ1v) is 6.91. The van der Waals surface area contributed by atoms with Crippen molar-refractivity contribution in [2.24, 2.45) is 5.92 Å². The van der Waals surface area contributed by atoms with Gasteiger partial charge >= 0.3 is 0 Å². The van der Waals surface area contributed by atoms with Crippen LogP contribution in [0.1, 0.15) is 25.8 Å². The van der Waals surface area contributed by atoms with E-state index in [1.165, 1.54) is 18.2 Å². The van der Waals surface area contributed by atoms with E-state index in [0.717, 1.165) is 19.6 Å². The Kier molecular flexibility index (Phi) is 4.88. The van der Waals surface area contributed by atoms with E-state index in [0.29, 0.717) is 12.3 Å². The SMILES string of the molecule is CCNC(Cc1c(F)cccc1F)C1OCCC1C. The van der Waals surface area contributed by atoms with Crippen LogP contribution in [0.3, 0.4) is 0 Å². The Bertz CT molecular complexity index is 404. The second-order valence-electron chi connectivity index (χ2n) is 5.17. The molecule has 19 heavy (non-hydrogen) atoms. The fraction of sp³-hybridized carbons (Fsp3) is 0.600. The summed E-state index contributed by atoms with van der Waals surface area (Å²) < 4.78 is 33.2. The highest BCUT2D eigenvalue weighted by molar-refractivity contribution is 5.21. The summed E-state index contributed by atoms with van der Waals surface area (Å²) in [6, 6.07) is 3.96. The van der Waals surface area contributed by atoms with Gasteiger partial charge in [-0.05, 0) is 37.4 Å². The number of hydrogen-bond donors (Lipinski definition) is 1. The molecule has 0 aliphatic carbocycles. The number of nitrogens with one attached hydrogen (secondary N) is 1. The van der Waals surface area contributed by atoms with E-state index in [9.17, 15) is 8.78 Å². The normalized spacial score (nSPS) is 24.6. The lowest BCUT2D eigenvalue weighted by Crippen LogP contribution is -2.44. The number of benzene rings is 1. The fourth-order valence-corrected chi connectivity index (χ4v) is 2.75. The highest BCUT2D eigenvalue weighted by Gasteiger charge is 2.32. The van der Waals surface area contributed by atoms with Gasteiger partial charge in [0.2, 0.25) is 0 Å². The van der Waals surface area contributed by atoms with Crippen molar-refractivity contribution in [3.05, 3.63) is 35.4 Å². The van der Waals surface area contributed by atoms with E-state index in [1.54, 1.807) is 0 Å². The second-order valence-corrected chi connectivity index (χ2v) is 5.17. The number of likely N-dealkylation sites (N-methyl/N-ethyl adjacent to an activating group) is 1. The van der Waals surface area contributed by atoms with Gasteiger partial charge in [0.05, 0.1) is 6.10 Å². The molecule has 1 aliphatic rings. The predicted octanol–water partition coefficient (Wildman–Crippen LogP) is 2.91. The molecule has 0 radical (unpaired) electrons. The maximum atomic E-state index is 13.7. The van der Waals surface area contributed by atoms with Gasteiger partial charge in [0.25, 0.3) is 0 Å². The van der Waals surface area contributed by atoms with Crippen LogP contribution < -0.4 is 5.32 Å². The summed E-state index contributed by atoms with van der Waals surface area (Å²) in [5, 5.41) is 3.30. The Balaban J connectivity index is 2.16. The minimum atomic E-state index is -0.478. The molecule has 1 aromatic rings. The predicted molar refractivity (Wildman–Crippen MR) is 71.0 cm³/mol. The van der Waals surface area contributed by atoms with Gasteiger partial charge in [-0.15, -0.1) is 0 Å². The largest absolute Gasteiger partial charge is 0.376 e. The maximum absolute atomic E-state index is 13.7. The molecule has 1 fully saturated rings. The first-order valence-electron chi connectivity index (χ1n) is 6.91. The number of hydrogen-bond acceptors (Lipinski definition) is 2. The minimum Gasteiger partial charge on any atom is -0.376 e. The van der Waals surface area contributed by atoms with Crippen LogP contribution in [0, 0.1) is 17.6 Å². The fourth-order valence-electron chi connectivity index (χ4n) is 2.75. The first-order chi connectivity index (χ1) is 9.13. The quantitative estimate of drug-likeness (QED) is 0.887. The third kappa shape index (κ3) is 3.31. The van der Waals surface area contributed by atoms with Crippen molar-refractivity contribution < 1.29 is 13.5 Å². The van der Waals surface area contributed by atoms with Crippen LogP contribution in [-0.4, -0.2) is 25.3 Å². The van der Waals surface area contributed by atoms with Crippen molar-refractivity contribution in [1.82, 2.24) is 5.32 Å². The van der Waals surface area contributed by atoms with E-state index in [4.69, 9.17) is 4.74 Å². The molecule has 0 spiro atoms. The zero-order chi connectivity index (χ0) is 13.8. The van der Waals surface area contributed by atoms with Crippen molar-refractivity contribution in [1.29, 1.82) is 0 Å². The van der Waals surface area contributed by atoms with E-state index < -0.39 is 11.6 Å². The Morgan fingerprint density at radius 3 is 2.58 bits per heavy atom. The zero-order valence-corrected chi connectivity index (χ0v) is 11.5. The molecule has 106 valence electrons. The molecule has 0 bridgehead atoms. The number of ether oxygens (including phenoxy) is 1. The Morgan fingerprint density at radius 2 is 2.05 bits per heavy atom. The minimum absolute atomic E-state index is 0.0268. The van der Waals surface area contributed by atoms with Crippen LogP contribution in [-0.2, 0) is 11.2 Å². The van der Waals surface area contributed by atoms with Crippen molar-refractivity contribution >= 4 is 0 Å². The van der Waals surface area contributed by atoms with Gasteiger partial charge < -0.3 is 10.1 Å². The molecule has 1 heterocycles. The second kappa shape index (κ2) is 6.44.